The number of piperidine rings is 1. The number of likely N-dealkylation sites (tertiary alicyclic amines) is 1. The molecule has 152 valence electrons. The Bertz CT molecular complexity index is 1000. The van der Waals surface area contributed by atoms with Crippen LogP contribution in [0.15, 0.2) is 48.7 Å². The maximum absolute atomic E-state index is 12.0. The molecule has 5 heteroatoms. The minimum atomic E-state index is -0.0127. The Kier molecular flexibility index (Phi) is 5.93. The number of carbonyl (C=O) groups is 1. The predicted octanol–water partition coefficient (Wildman–Crippen LogP) is 5.80. The molecule has 2 heterocycles. The molecule has 29 heavy (non-hydrogen) atoms. The zero-order chi connectivity index (χ0) is 20.4. The Balaban J connectivity index is 1.38. The second kappa shape index (κ2) is 8.60. The van der Waals surface area contributed by atoms with E-state index in [0.717, 1.165) is 48.7 Å². The van der Waals surface area contributed by atoms with Gasteiger partial charge in [-0.3, -0.25) is 9.69 Å². The fourth-order valence-corrected chi connectivity index (χ4v) is 4.36. The number of benzene rings is 2. The van der Waals surface area contributed by atoms with Crippen LogP contribution in [0.4, 0.5) is 5.69 Å². The fourth-order valence-electron chi connectivity index (χ4n) is 4.13. The van der Waals surface area contributed by atoms with E-state index in [4.69, 9.17) is 11.6 Å². The summed E-state index contributed by atoms with van der Waals surface area (Å²) in [5.41, 5.74) is 4.56. The molecule has 0 saturated carbocycles. The Morgan fingerprint density at radius 3 is 2.72 bits per heavy atom. The van der Waals surface area contributed by atoms with Gasteiger partial charge in [0.25, 0.3) is 0 Å². The van der Waals surface area contributed by atoms with Crippen molar-refractivity contribution >= 4 is 34.1 Å². The van der Waals surface area contributed by atoms with Crippen molar-refractivity contribution in [3.05, 3.63) is 64.8 Å². The van der Waals surface area contributed by atoms with E-state index >= 15 is 0 Å². The van der Waals surface area contributed by atoms with Crippen LogP contribution in [0.25, 0.3) is 10.9 Å². The van der Waals surface area contributed by atoms with Crippen LogP contribution in [0.3, 0.4) is 0 Å². The second-order valence-electron chi connectivity index (χ2n) is 8.30. The standard InChI is InChI=1S/C24H28ClN3O/c1-16(2)24(29)27-20-6-3-5-18(13-20)17-9-11-28(12-10-17)15-19-14-26-23-21(19)7-4-8-22(23)25/h3-8,13-14,16-17,26H,9-12,15H2,1-2H3,(H,27,29). The summed E-state index contributed by atoms with van der Waals surface area (Å²) >= 11 is 6.29. The summed E-state index contributed by atoms with van der Waals surface area (Å²) in [7, 11) is 0. The van der Waals surface area contributed by atoms with E-state index in [2.05, 4.69) is 39.6 Å². The molecule has 0 spiro atoms. The van der Waals surface area contributed by atoms with Gasteiger partial charge in [-0.15, -0.1) is 0 Å². The summed E-state index contributed by atoms with van der Waals surface area (Å²) in [4.78, 5) is 17.8. The number of para-hydroxylation sites is 1. The van der Waals surface area contributed by atoms with Gasteiger partial charge < -0.3 is 10.3 Å². The molecular weight excluding hydrogens is 382 g/mol. The van der Waals surface area contributed by atoms with Gasteiger partial charge >= 0.3 is 0 Å². The van der Waals surface area contributed by atoms with Crippen LogP contribution >= 0.6 is 11.6 Å². The van der Waals surface area contributed by atoms with E-state index in [1.54, 1.807) is 0 Å². The maximum Gasteiger partial charge on any atom is 0.226 e. The Labute approximate surface area is 177 Å². The number of aromatic nitrogens is 1. The molecule has 0 unspecified atom stereocenters. The number of fused-ring (bicyclic) bond motifs is 1. The molecule has 1 saturated heterocycles. The van der Waals surface area contributed by atoms with Crippen LogP contribution in [-0.4, -0.2) is 28.9 Å². The zero-order valence-electron chi connectivity index (χ0n) is 17.0. The van der Waals surface area contributed by atoms with Crippen molar-refractivity contribution in [2.75, 3.05) is 18.4 Å². The van der Waals surface area contributed by atoms with E-state index < -0.39 is 0 Å². The van der Waals surface area contributed by atoms with Crippen molar-refractivity contribution in [1.82, 2.24) is 9.88 Å². The summed E-state index contributed by atoms with van der Waals surface area (Å²) in [6, 6.07) is 14.4. The van der Waals surface area contributed by atoms with Crippen molar-refractivity contribution in [2.45, 2.75) is 39.2 Å². The smallest absolute Gasteiger partial charge is 0.226 e. The molecule has 0 aliphatic carbocycles. The van der Waals surface area contributed by atoms with Gasteiger partial charge in [-0.25, -0.2) is 0 Å². The van der Waals surface area contributed by atoms with Crippen LogP contribution in [0.1, 0.15) is 43.7 Å². The van der Waals surface area contributed by atoms with Crippen molar-refractivity contribution in [3.63, 3.8) is 0 Å². The van der Waals surface area contributed by atoms with Crippen molar-refractivity contribution in [1.29, 1.82) is 0 Å². The Morgan fingerprint density at radius 2 is 1.97 bits per heavy atom. The second-order valence-corrected chi connectivity index (χ2v) is 8.70. The summed E-state index contributed by atoms with van der Waals surface area (Å²) < 4.78 is 0. The third kappa shape index (κ3) is 4.49. The minimum Gasteiger partial charge on any atom is -0.360 e. The number of hydrogen-bond donors (Lipinski definition) is 2. The van der Waals surface area contributed by atoms with Crippen LogP contribution < -0.4 is 5.32 Å². The molecule has 0 atom stereocenters. The average molecular weight is 410 g/mol. The summed E-state index contributed by atoms with van der Waals surface area (Å²) in [6.45, 7) is 6.91. The van der Waals surface area contributed by atoms with Gasteiger partial charge in [0.05, 0.1) is 10.5 Å². The first-order chi connectivity index (χ1) is 14.0. The Morgan fingerprint density at radius 1 is 1.21 bits per heavy atom. The fraction of sp³-hybridized carbons (Fsp3) is 0.375. The highest BCUT2D eigenvalue weighted by Gasteiger charge is 2.22. The van der Waals surface area contributed by atoms with Gasteiger partial charge in [0.1, 0.15) is 0 Å². The molecule has 1 amide bonds. The number of carbonyl (C=O) groups excluding carboxylic acids is 1. The van der Waals surface area contributed by atoms with E-state index in [1.165, 1.54) is 16.5 Å². The molecule has 1 aliphatic rings. The lowest BCUT2D eigenvalue weighted by Crippen LogP contribution is -2.32. The van der Waals surface area contributed by atoms with Crippen LogP contribution in [0.5, 0.6) is 0 Å². The molecule has 2 N–H and O–H groups in total. The molecule has 1 aliphatic heterocycles. The highest BCUT2D eigenvalue weighted by Crippen LogP contribution is 2.31. The highest BCUT2D eigenvalue weighted by molar-refractivity contribution is 6.35. The number of amides is 1. The number of H-pyrrole nitrogens is 1. The third-order valence-corrected chi connectivity index (χ3v) is 6.20. The predicted molar refractivity (Wildman–Crippen MR) is 120 cm³/mol. The lowest BCUT2D eigenvalue weighted by Gasteiger charge is -2.32. The Hall–Kier alpha value is -2.30. The van der Waals surface area contributed by atoms with Gasteiger partial charge in [-0.05, 0) is 61.2 Å². The van der Waals surface area contributed by atoms with Gasteiger partial charge in [0.2, 0.25) is 5.91 Å². The minimum absolute atomic E-state index is 0.0127. The number of halogens is 1. The van der Waals surface area contributed by atoms with E-state index in [0.29, 0.717) is 5.92 Å². The SMILES string of the molecule is CC(C)C(=O)Nc1cccc(C2CCN(Cc3c[nH]c4c(Cl)cccc34)CC2)c1. The van der Waals surface area contributed by atoms with Gasteiger partial charge in [-0.2, -0.15) is 0 Å². The largest absolute Gasteiger partial charge is 0.360 e. The molecule has 3 aromatic rings. The molecular formula is C24H28ClN3O. The first-order valence-electron chi connectivity index (χ1n) is 10.4. The number of anilines is 1. The van der Waals surface area contributed by atoms with Gasteiger partial charge in [-0.1, -0.05) is 49.7 Å². The van der Waals surface area contributed by atoms with Crippen LogP contribution in [0.2, 0.25) is 5.02 Å². The molecule has 4 nitrogen and oxygen atoms in total. The van der Waals surface area contributed by atoms with Gasteiger partial charge in [0, 0.05) is 29.7 Å². The monoisotopic (exact) mass is 409 g/mol. The zero-order valence-corrected chi connectivity index (χ0v) is 17.8. The third-order valence-electron chi connectivity index (χ3n) is 5.88. The first kappa shape index (κ1) is 20.0. The van der Waals surface area contributed by atoms with Gasteiger partial charge in [0.15, 0.2) is 0 Å². The maximum atomic E-state index is 12.0. The normalized spacial score (nSPS) is 15.9. The average Bonchev–Trinajstić information content (AvgIpc) is 3.13. The molecule has 0 radical (unpaired) electrons. The van der Waals surface area contributed by atoms with E-state index in [1.807, 2.05) is 38.1 Å². The van der Waals surface area contributed by atoms with Crippen LogP contribution in [-0.2, 0) is 11.3 Å². The van der Waals surface area contributed by atoms with Crippen molar-refractivity contribution in [3.8, 4) is 0 Å². The molecule has 0 bridgehead atoms. The topological polar surface area (TPSA) is 48.1 Å². The first-order valence-corrected chi connectivity index (χ1v) is 10.8. The lowest BCUT2D eigenvalue weighted by atomic mass is 9.89. The highest BCUT2D eigenvalue weighted by atomic mass is 35.5. The summed E-state index contributed by atoms with van der Waals surface area (Å²) in [5, 5.41) is 5.01. The molecule has 1 aromatic heterocycles. The van der Waals surface area contributed by atoms with Crippen molar-refractivity contribution in [2.24, 2.45) is 5.92 Å². The quantitative estimate of drug-likeness (QED) is 0.559. The van der Waals surface area contributed by atoms with Crippen LogP contribution in [0, 0.1) is 5.92 Å². The number of nitrogens with zero attached hydrogens (tertiary/aromatic N) is 1. The van der Waals surface area contributed by atoms with E-state index in [9.17, 15) is 4.79 Å². The molecule has 2 aromatic carbocycles. The summed E-state index contributed by atoms with van der Waals surface area (Å²) in [5.74, 6) is 0.594. The summed E-state index contributed by atoms with van der Waals surface area (Å²) in [6.07, 6.45) is 4.35. The van der Waals surface area contributed by atoms with E-state index in [-0.39, 0.29) is 11.8 Å². The number of rotatable bonds is 5. The number of aromatic amines is 1. The number of nitrogens with one attached hydrogen (secondary N) is 2. The lowest BCUT2D eigenvalue weighted by molar-refractivity contribution is -0.118. The van der Waals surface area contributed by atoms with Crippen molar-refractivity contribution < 1.29 is 4.79 Å². The number of hydrogen-bond acceptors (Lipinski definition) is 2. The molecule has 4 rings (SSSR count). The molecule has 1 fully saturated rings.